The summed E-state index contributed by atoms with van der Waals surface area (Å²) < 4.78 is 7.01. The number of rotatable bonds is 7. The van der Waals surface area contributed by atoms with Crippen LogP contribution in [0.25, 0.3) is 0 Å². The molecule has 0 radical (unpaired) electrons. The van der Waals surface area contributed by atoms with Crippen LogP contribution in [0.3, 0.4) is 0 Å². The van der Waals surface area contributed by atoms with Crippen LogP contribution in [0.2, 0.25) is 0 Å². The Hall–Kier alpha value is -0.580. The average Bonchev–Trinajstić information content (AvgIpc) is 3.11. The molecule has 2 N–H and O–H groups in total. The van der Waals surface area contributed by atoms with E-state index in [1.807, 2.05) is 0 Å². The van der Waals surface area contributed by atoms with Gasteiger partial charge in [0.15, 0.2) is 0 Å². The average molecular weight is 342 g/mol. The minimum absolute atomic E-state index is 0.530. The maximum absolute atomic E-state index is 9.76. The van der Waals surface area contributed by atoms with E-state index >= 15 is 0 Å². The highest BCUT2D eigenvalue weighted by atomic mass is 79.9. The Morgan fingerprint density at radius 3 is 2.70 bits per heavy atom. The Bertz CT molecular complexity index is 464. The van der Waals surface area contributed by atoms with Gasteiger partial charge in [0, 0.05) is 29.0 Å². The van der Waals surface area contributed by atoms with E-state index in [-0.39, 0.29) is 0 Å². The topological polar surface area (TPSA) is 41.5 Å². The standard InChI is InChI=1S/C16H24BrNO2/c1-11-8-13(17)9-12(10-18-14-4-5-14)15(11)20-7-6-16(2,3)19/h8-9,14,18-19H,4-7,10H2,1-3H3. The third-order valence-corrected chi connectivity index (χ3v) is 3.89. The number of aryl methyl sites for hydroxylation is 1. The van der Waals surface area contributed by atoms with Gasteiger partial charge in [0.05, 0.1) is 12.2 Å². The van der Waals surface area contributed by atoms with Crippen LogP contribution >= 0.6 is 15.9 Å². The van der Waals surface area contributed by atoms with Crippen LogP contribution in [0.15, 0.2) is 16.6 Å². The second kappa shape index (κ2) is 6.46. The van der Waals surface area contributed by atoms with Gasteiger partial charge in [0.1, 0.15) is 5.75 Å². The van der Waals surface area contributed by atoms with E-state index < -0.39 is 5.60 Å². The third kappa shape index (κ3) is 5.08. The Morgan fingerprint density at radius 2 is 2.10 bits per heavy atom. The van der Waals surface area contributed by atoms with Gasteiger partial charge in [-0.25, -0.2) is 0 Å². The first-order chi connectivity index (χ1) is 9.35. The third-order valence-electron chi connectivity index (χ3n) is 3.44. The highest BCUT2D eigenvalue weighted by Gasteiger charge is 2.21. The smallest absolute Gasteiger partial charge is 0.126 e. The van der Waals surface area contributed by atoms with Gasteiger partial charge < -0.3 is 15.2 Å². The molecule has 20 heavy (non-hydrogen) atoms. The molecule has 0 unspecified atom stereocenters. The number of benzene rings is 1. The van der Waals surface area contributed by atoms with Crippen LogP contribution in [0.4, 0.5) is 0 Å². The molecule has 1 aliphatic carbocycles. The zero-order valence-electron chi connectivity index (χ0n) is 12.5. The Morgan fingerprint density at radius 1 is 1.40 bits per heavy atom. The second-order valence-corrected chi connectivity index (χ2v) is 7.19. The van der Waals surface area contributed by atoms with Crippen molar-refractivity contribution >= 4 is 15.9 Å². The monoisotopic (exact) mass is 341 g/mol. The lowest BCUT2D eigenvalue weighted by Gasteiger charge is -2.20. The van der Waals surface area contributed by atoms with Gasteiger partial charge >= 0.3 is 0 Å². The summed E-state index contributed by atoms with van der Waals surface area (Å²) in [5.74, 6) is 0.950. The molecule has 4 heteroatoms. The van der Waals surface area contributed by atoms with Crippen molar-refractivity contribution < 1.29 is 9.84 Å². The van der Waals surface area contributed by atoms with Gasteiger partial charge in [-0.15, -0.1) is 0 Å². The summed E-state index contributed by atoms with van der Waals surface area (Å²) in [5, 5.41) is 13.3. The summed E-state index contributed by atoms with van der Waals surface area (Å²) in [6.07, 6.45) is 3.18. The molecule has 1 fully saturated rings. The summed E-state index contributed by atoms with van der Waals surface area (Å²) in [6, 6.07) is 4.86. The highest BCUT2D eigenvalue weighted by Crippen LogP contribution is 2.29. The summed E-state index contributed by atoms with van der Waals surface area (Å²) in [7, 11) is 0. The Labute approximate surface area is 129 Å². The van der Waals surface area contributed by atoms with Crippen LogP contribution < -0.4 is 10.1 Å². The van der Waals surface area contributed by atoms with Crippen molar-refractivity contribution in [1.82, 2.24) is 5.32 Å². The van der Waals surface area contributed by atoms with Gasteiger partial charge in [-0.3, -0.25) is 0 Å². The number of halogens is 1. The quantitative estimate of drug-likeness (QED) is 0.796. The predicted molar refractivity (Wildman–Crippen MR) is 85.2 cm³/mol. The van der Waals surface area contributed by atoms with Crippen LogP contribution in [-0.2, 0) is 6.54 Å². The number of ether oxygens (including phenoxy) is 1. The summed E-state index contributed by atoms with van der Waals surface area (Å²) in [5.41, 5.74) is 1.62. The van der Waals surface area contributed by atoms with Crippen molar-refractivity contribution in [2.75, 3.05) is 6.61 Å². The van der Waals surface area contributed by atoms with Crippen LogP contribution in [0.1, 0.15) is 44.2 Å². The maximum atomic E-state index is 9.76. The summed E-state index contributed by atoms with van der Waals surface area (Å²) in [6.45, 7) is 7.04. The SMILES string of the molecule is Cc1cc(Br)cc(CNC2CC2)c1OCCC(C)(C)O. The van der Waals surface area contributed by atoms with Crippen molar-refractivity contribution in [1.29, 1.82) is 0 Å². The highest BCUT2D eigenvalue weighted by molar-refractivity contribution is 9.10. The van der Waals surface area contributed by atoms with Gasteiger partial charge in [0.2, 0.25) is 0 Å². The molecule has 0 amide bonds. The molecule has 0 heterocycles. The molecule has 1 saturated carbocycles. The summed E-state index contributed by atoms with van der Waals surface area (Å²) >= 11 is 3.55. The van der Waals surface area contributed by atoms with Crippen molar-refractivity contribution in [2.24, 2.45) is 0 Å². The second-order valence-electron chi connectivity index (χ2n) is 6.28. The fourth-order valence-electron chi connectivity index (χ4n) is 2.08. The molecule has 0 bridgehead atoms. The van der Waals surface area contributed by atoms with Gasteiger partial charge in [-0.1, -0.05) is 15.9 Å². The lowest BCUT2D eigenvalue weighted by atomic mass is 10.1. The molecule has 0 spiro atoms. The molecular weight excluding hydrogens is 318 g/mol. The van der Waals surface area contributed by atoms with Gasteiger partial charge in [0.25, 0.3) is 0 Å². The molecule has 0 atom stereocenters. The lowest BCUT2D eigenvalue weighted by molar-refractivity contribution is 0.0551. The largest absolute Gasteiger partial charge is 0.493 e. The number of hydrogen-bond donors (Lipinski definition) is 2. The van der Waals surface area contributed by atoms with E-state index in [2.05, 4.69) is 40.3 Å². The zero-order valence-corrected chi connectivity index (χ0v) is 14.1. The molecule has 0 aliphatic heterocycles. The fraction of sp³-hybridized carbons (Fsp3) is 0.625. The normalized spacial score (nSPS) is 15.4. The molecule has 0 aromatic heterocycles. The van der Waals surface area contributed by atoms with Gasteiger partial charge in [-0.2, -0.15) is 0 Å². The van der Waals surface area contributed by atoms with Crippen LogP contribution in [-0.4, -0.2) is 23.4 Å². The Balaban J connectivity index is 2.03. The number of nitrogens with one attached hydrogen (secondary N) is 1. The molecular formula is C16H24BrNO2. The zero-order chi connectivity index (χ0) is 14.8. The first-order valence-electron chi connectivity index (χ1n) is 7.23. The lowest BCUT2D eigenvalue weighted by Crippen LogP contribution is -2.22. The molecule has 3 nitrogen and oxygen atoms in total. The Kier molecular flexibility index (Phi) is 5.10. The van der Waals surface area contributed by atoms with E-state index in [1.165, 1.54) is 18.4 Å². The van der Waals surface area contributed by atoms with E-state index in [0.29, 0.717) is 19.1 Å². The van der Waals surface area contributed by atoms with Crippen molar-refractivity contribution in [3.63, 3.8) is 0 Å². The summed E-state index contributed by atoms with van der Waals surface area (Å²) in [4.78, 5) is 0. The van der Waals surface area contributed by atoms with E-state index in [0.717, 1.165) is 22.3 Å². The fourth-order valence-corrected chi connectivity index (χ4v) is 2.70. The minimum atomic E-state index is -0.685. The maximum Gasteiger partial charge on any atom is 0.126 e. The van der Waals surface area contributed by atoms with Crippen LogP contribution in [0.5, 0.6) is 5.75 Å². The van der Waals surface area contributed by atoms with Crippen molar-refractivity contribution in [2.45, 2.75) is 58.2 Å². The number of hydrogen-bond acceptors (Lipinski definition) is 3. The number of aliphatic hydroxyl groups is 1. The van der Waals surface area contributed by atoms with Crippen LogP contribution in [0, 0.1) is 6.92 Å². The molecule has 1 aliphatic rings. The molecule has 1 aromatic carbocycles. The van der Waals surface area contributed by atoms with Gasteiger partial charge in [-0.05, 0) is 51.3 Å². The molecule has 2 rings (SSSR count). The van der Waals surface area contributed by atoms with E-state index in [4.69, 9.17) is 4.74 Å². The first kappa shape index (κ1) is 15.8. The molecule has 0 saturated heterocycles. The predicted octanol–water partition coefficient (Wildman–Crippen LogP) is 3.55. The van der Waals surface area contributed by atoms with E-state index in [1.54, 1.807) is 13.8 Å². The first-order valence-corrected chi connectivity index (χ1v) is 8.02. The van der Waals surface area contributed by atoms with Crippen molar-refractivity contribution in [3.8, 4) is 5.75 Å². The molecule has 112 valence electrons. The van der Waals surface area contributed by atoms with Crippen molar-refractivity contribution in [3.05, 3.63) is 27.7 Å². The van der Waals surface area contributed by atoms with E-state index in [9.17, 15) is 5.11 Å². The molecule has 1 aromatic rings. The minimum Gasteiger partial charge on any atom is -0.493 e.